The molecule has 0 fully saturated rings. The van der Waals surface area contributed by atoms with E-state index in [1.165, 1.54) is 23.5 Å². The summed E-state index contributed by atoms with van der Waals surface area (Å²) < 4.78 is 18.6. The van der Waals surface area contributed by atoms with Crippen LogP contribution in [0.1, 0.15) is 16.0 Å². The normalized spacial score (nSPS) is 10.7. The highest BCUT2D eigenvalue weighted by Crippen LogP contribution is 2.30. The van der Waals surface area contributed by atoms with Crippen LogP contribution in [0.15, 0.2) is 36.4 Å². The molecular formula is C20H18ClFN2O2S. The van der Waals surface area contributed by atoms with E-state index >= 15 is 0 Å². The Balaban J connectivity index is 1.65. The van der Waals surface area contributed by atoms with E-state index in [0.29, 0.717) is 15.9 Å². The van der Waals surface area contributed by atoms with Crippen molar-refractivity contribution in [3.05, 3.63) is 63.2 Å². The molecule has 0 saturated heterocycles. The Morgan fingerprint density at radius 2 is 1.81 bits per heavy atom. The fraction of sp³-hybridized carbons (Fsp3) is 0.200. The van der Waals surface area contributed by atoms with Gasteiger partial charge in [0.1, 0.15) is 11.6 Å². The van der Waals surface area contributed by atoms with Crippen LogP contribution in [0.5, 0.6) is 5.75 Å². The first-order valence-corrected chi connectivity index (χ1v) is 9.45. The van der Waals surface area contributed by atoms with E-state index in [-0.39, 0.29) is 18.3 Å². The molecule has 0 radical (unpaired) electrons. The summed E-state index contributed by atoms with van der Waals surface area (Å²) in [4.78, 5) is 17.5. The summed E-state index contributed by atoms with van der Waals surface area (Å²) in [6, 6.07) is 9.69. The lowest BCUT2D eigenvalue weighted by molar-refractivity contribution is -0.118. The van der Waals surface area contributed by atoms with Gasteiger partial charge in [0.15, 0.2) is 11.7 Å². The Morgan fingerprint density at radius 3 is 2.44 bits per heavy atom. The zero-order valence-electron chi connectivity index (χ0n) is 15.1. The van der Waals surface area contributed by atoms with E-state index in [2.05, 4.69) is 10.3 Å². The van der Waals surface area contributed by atoms with Gasteiger partial charge in [-0.1, -0.05) is 11.6 Å². The monoisotopic (exact) mass is 404 g/mol. The van der Waals surface area contributed by atoms with Gasteiger partial charge < -0.3 is 4.74 Å². The average molecular weight is 405 g/mol. The predicted molar refractivity (Wildman–Crippen MR) is 107 cm³/mol. The van der Waals surface area contributed by atoms with Gasteiger partial charge >= 0.3 is 0 Å². The number of nitrogens with zero attached hydrogens (tertiary/aromatic N) is 1. The maximum absolute atomic E-state index is 13.1. The Morgan fingerprint density at radius 1 is 1.19 bits per heavy atom. The topological polar surface area (TPSA) is 51.2 Å². The third-order valence-corrected chi connectivity index (χ3v) is 5.42. The summed E-state index contributed by atoms with van der Waals surface area (Å²) in [6.45, 7) is 5.54. The largest absolute Gasteiger partial charge is 0.484 e. The van der Waals surface area contributed by atoms with Crippen molar-refractivity contribution >= 4 is 34.0 Å². The van der Waals surface area contributed by atoms with Crippen molar-refractivity contribution < 1.29 is 13.9 Å². The first-order chi connectivity index (χ1) is 12.8. The predicted octanol–water partition coefficient (Wildman–Crippen LogP) is 5.55. The molecular weight excluding hydrogens is 387 g/mol. The highest BCUT2D eigenvalue weighted by atomic mass is 35.5. The van der Waals surface area contributed by atoms with Crippen LogP contribution in [-0.4, -0.2) is 17.5 Å². The third kappa shape index (κ3) is 4.64. The maximum Gasteiger partial charge on any atom is 0.264 e. The number of hydrogen-bond donors (Lipinski definition) is 1. The van der Waals surface area contributed by atoms with Crippen molar-refractivity contribution in [2.45, 2.75) is 20.8 Å². The molecule has 1 N–H and O–H groups in total. The van der Waals surface area contributed by atoms with Gasteiger partial charge in [-0.15, -0.1) is 11.3 Å². The van der Waals surface area contributed by atoms with Gasteiger partial charge in [-0.05, 0) is 68.3 Å². The molecule has 3 rings (SSSR count). The number of aromatic nitrogens is 1. The van der Waals surface area contributed by atoms with E-state index < -0.39 is 0 Å². The molecule has 2 aromatic carbocycles. The number of halogens is 2. The third-order valence-electron chi connectivity index (χ3n) is 3.94. The van der Waals surface area contributed by atoms with Crippen LogP contribution in [-0.2, 0) is 4.79 Å². The number of nitrogens with one attached hydrogen (secondary N) is 1. The molecule has 7 heteroatoms. The molecule has 0 bridgehead atoms. The van der Waals surface area contributed by atoms with Gasteiger partial charge in [-0.2, -0.15) is 0 Å². The summed E-state index contributed by atoms with van der Waals surface area (Å²) in [5, 5.41) is 3.91. The SMILES string of the molecule is Cc1cc(OCC(=O)Nc2nc(-c3ccc(F)cc3)c(C)s2)cc(C)c1Cl. The molecule has 4 nitrogen and oxygen atoms in total. The lowest BCUT2D eigenvalue weighted by Gasteiger charge is -2.09. The molecule has 0 saturated carbocycles. The molecule has 0 atom stereocenters. The lowest BCUT2D eigenvalue weighted by Crippen LogP contribution is -2.20. The average Bonchev–Trinajstić information content (AvgIpc) is 2.98. The Kier molecular flexibility index (Phi) is 5.77. The van der Waals surface area contributed by atoms with Crippen molar-refractivity contribution in [3.63, 3.8) is 0 Å². The van der Waals surface area contributed by atoms with Gasteiger partial charge in [-0.3, -0.25) is 10.1 Å². The number of aryl methyl sites for hydroxylation is 3. The summed E-state index contributed by atoms with van der Waals surface area (Å²) in [7, 11) is 0. The number of ether oxygens (including phenoxy) is 1. The second kappa shape index (κ2) is 8.06. The fourth-order valence-electron chi connectivity index (χ4n) is 2.62. The first kappa shape index (κ1) is 19.3. The number of hydrogen-bond acceptors (Lipinski definition) is 4. The van der Waals surface area contributed by atoms with Gasteiger partial charge in [0.05, 0.1) is 5.69 Å². The number of anilines is 1. The minimum atomic E-state index is -0.306. The quantitative estimate of drug-likeness (QED) is 0.606. The molecule has 0 spiro atoms. The van der Waals surface area contributed by atoms with Gasteiger partial charge in [0.25, 0.3) is 5.91 Å². The number of amides is 1. The van der Waals surface area contributed by atoms with Crippen LogP contribution in [0.4, 0.5) is 9.52 Å². The van der Waals surface area contributed by atoms with Crippen molar-refractivity contribution in [1.29, 1.82) is 0 Å². The van der Waals surface area contributed by atoms with Crippen LogP contribution in [0.2, 0.25) is 5.02 Å². The van der Waals surface area contributed by atoms with Crippen LogP contribution in [0, 0.1) is 26.6 Å². The Hall–Kier alpha value is -2.44. The van der Waals surface area contributed by atoms with E-state index in [1.807, 2.05) is 20.8 Å². The number of carbonyl (C=O) groups excluding carboxylic acids is 1. The molecule has 0 aliphatic rings. The number of rotatable bonds is 5. The highest BCUT2D eigenvalue weighted by Gasteiger charge is 2.13. The van der Waals surface area contributed by atoms with E-state index in [9.17, 15) is 9.18 Å². The van der Waals surface area contributed by atoms with Gasteiger partial charge in [0.2, 0.25) is 0 Å². The van der Waals surface area contributed by atoms with Crippen molar-refractivity contribution in [2.75, 3.05) is 11.9 Å². The number of benzene rings is 2. The molecule has 0 aliphatic carbocycles. The van der Waals surface area contributed by atoms with Gasteiger partial charge in [-0.25, -0.2) is 9.37 Å². The van der Waals surface area contributed by atoms with Crippen molar-refractivity contribution in [2.24, 2.45) is 0 Å². The summed E-state index contributed by atoms with van der Waals surface area (Å²) in [5.74, 6) is -0.0171. The Bertz CT molecular complexity index is 963. The molecule has 1 heterocycles. The van der Waals surface area contributed by atoms with Gasteiger partial charge in [0, 0.05) is 15.5 Å². The van der Waals surface area contributed by atoms with E-state index in [1.54, 1.807) is 24.3 Å². The standard InChI is InChI=1S/C20H18ClFN2O2S/c1-11-8-16(9-12(2)18(11)21)26-10-17(25)23-20-24-19(13(3)27-20)14-4-6-15(22)7-5-14/h4-9H,10H2,1-3H3,(H,23,24,25). The summed E-state index contributed by atoms with van der Waals surface area (Å²) in [6.07, 6.45) is 0. The zero-order chi connectivity index (χ0) is 19.6. The Labute approximate surface area is 166 Å². The van der Waals surface area contributed by atoms with E-state index in [0.717, 1.165) is 27.3 Å². The first-order valence-electron chi connectivity index (χ1n) is 8.26. The second-order valence-electron chi connectivity index (χ2n) is 6.14. The number of carbonyl (C=O) groups is 1. The summed E-state index contributed by atoms with van der Waals surface area (Å²) in [5.41, 5.74) is 3.31. The second-order valence-corrected chi connectivity index (χ2v) is 7.72. The van der Waals surface area contributed by atoms with Crippen molar-refractivity contribution in [3.8, 4) is 17.0 Å². The van der Waals surface area contributed by atoms with Crippen molar-refractivity contribution in [1.82, 2.24) is 4.98 Å². The maximum atomic E-state index is 13.1. The molecule has 140 valence electrons. The zero-order valence-corrected chi connectivity index (χ0v) is 16.7. The minimum absolute atomic E-state index is 0.134. The molecule has 1 amide bonds. The highest BCUT2D eigenvalue weighted by molar-refractivity contribution is 7.16. The lowest BCUT2D eigenvalue weighted by atomic mass is 10.1. The van der Waals surface area contributed by atoms with E-state index in [4.69, 9.17) is 16.3 Å². The number of thiazole rings is 1. The fourth-order valence-corrected chi connectivity index (χ4v) is 3.58. The molecule has 0 unspecified atom stereocenters. The molecule has 1 aromatic heterocycles. The van der Waals surface area contributed by atoms with Crippen LogP contribution in [0.25, 0.3) is 11.3 Å². The summed E-state index contributed by atoms with van der Waals surface area (Å²) >= 11 is 7.49. The molecule has 3 aromatic rings. The molecule has 0 aliphatic heterocycles. The molecule has 27 heavy (non-hydrogen) atoms. The minimum Gasteiger partial charge on any atom is -0.484 e. The van der Waals surface area contributed by atoms with Crippen LogP contribution >= 0.6 is 22.9 Å². The smallest absolute Gasteiger partial charge is 0.264 e. The van der Waals surface area contributed by atoms with Crippen LogP contribution in [0.3, 0.4) is 0 Å². The van der Waals surface area contributed by atoms with Crippen LogP contribution < -0.4 is 10.1 Å².